The fourth-order valence-electron chi connectivity index (χ4n) is 7.41. The summed E-state index contributed by atoms with van der Waals surface area (Å²) in [5.74, 6) is 4.47. The van der Waals surface area contributed by atoms with Crippen molar-refractivity contribution in [1.29, 1.82) is 0 Å². The summed E-state index contributed by atoms with van der Waals surface area (Å²) in [6, 6.07) is 39.3. The van der Waals surface area contributed by atoms with Gasteiger partial charge in [-0.05, 0) is 42.5 Å². The summed E-state index contributed by atoms with van der Waals surface area (Å²) in [5, 5.41) is 0. The third-order valence-electron chi connectivity index (χ3n) is 11.1. The monoisotopic (exact) mass is 1020 g/mol. The number of alkyl halides is 3. The first kappa shape index (κ1) is 52.0. The number of thioether (sulfide) groups is 4. The Morgan fingerprint density at radius 2 is 0.757 bits per heavy atom. The second-order valence-electron chi connectivity index (χ2n) is 15.9. The highest BCUT2D eigenvalue weighted by Gasteiger charge is 2.34. The lowest BCUT2D eigenvalue weighted by molar-refractivity contribution is -0.137. The summed E-state index contributed by atoms with van der Waals surface area (Å²) in [6.45, 7) is 1.34. The summed E-state index contributed by atoms with van der Waals surface area (Å²) in [4.78, 5) is 77.5. The third-order valence-corrected chi connectivity index (χ3v) is 15.6. The Bertz CT molecular complexity index is 2730. The second kappa shape index (κ2) is 25.3. The van der Waals surface area contributed by atoms with Gasteiger partial charge in [0.05, 0.1) is 18.8 Å². The number of fused-ring (bicyclic) bond motifs is 3. The highest BCUT2D eigenvalue weighted by molar-refractivity contribution is 8.05. The predicted molar refractivity (Wildman–Crippen MR) is 271 cm³/mol. The maximum absolute atomic E-state index is 13.0. The zero-order valence-electron chi connectivity index (χ0n) is 37.8. The zero-order valence-corrected chi connectivity index (χ0v) is 41.1. The molecule has 360 valence electrons. The molecule has 0 unspecified atom stereocenters. The van der Waals surface area contributed by atoms with Crippen LogP contribution in [0.2, 0.25) is 0 Å². The average molecular weight is 1020 g/mol. The molecular weight excluding hydrogens is 974 g/mol. The molecule has 0 aromatic heterocycles. The van der Waals surface area contributed by atoms with Crippen molar-refractivity contribution >= 4 is 81.7 Å². The van der Waals surface area contributed by atoms with Crippen LogP contribution >= 0.6 is 47.0 Å². The fraction of sp³-hybridized carbons (Fsp3) is 0.236. The van der Waals surface area contributed by atoms with Crippen molar-refractivity contribution in [3.05, 3.63) is 178 Å². The molecule has 0 N–H and O–H groups in total. The van der Waals surface area contributed by atoms with Gasteiger partial charge in [-0.2, -0.15) is 13.2 Å². The quantitative estimate of drug-likeness (QED) is 0.0911. The molecule has 9 rings (SSSR count). The number of ether oxygens (including phenoxy) is 2. The number of hydrogen-bond acceptors (Lipinski definition) is 12. The number of hydrogen-bond donors (Lipinski definition) is 0. The minimum Gasteiger partial charge on any atom is -0.492 e. The number of rotatable bonds is 15. The molecule has 0 spiro atoms. The molecule has 8 nitrogen and oxygen atoms in total. The molecule has 3 aliphatic rings. The Kier molecular flexibility index (Phi) is 18.8. The van der Waals surface area contributed by atoms with E-state index >= 15 is 0 Å². The van der Waals surface area contributed by atoms with Crippen LogP contribution in [0.4, 0.5) is 13.2 Å². The van der Waals surface area contributed by atoms with Gasteiger partial charge in [-0.15, -0.1) is 47.0 Å². The standard InChI is InChI=1S/C19H15F3O2S2.2C18H16O3S/c20-19(21,22)14-4-2-1-3-13(14)16(24)7-6-15(23)12-5-8-17-18(11-12)26-10-9-25-17;2*19-15(13-4-2-1-3-5-13)7-8-16(20)14-6-9-18-17(12-14)21-10-11-22-18/h1-5,8,11H,6-7,9-10H2;2*1-6,9,12H,7-8,10-11H2. The van der Waals surface area contributed by atoms with Crippen LogP contribution in [-0.2, 0) is 6.18 Å². The van der Waals surface area contributed by atoms with Crippen molar-refractivity contribution in [2.24, 2.45) is 0 Å². The van der Waals surface area contributed by atoms with Crippen molar-refractivity contribution < 1.29 is 51.4 Å². The largest absolute Gasteiger partial charge is 0.492 e. The van der Waals surface area contributed by atoms with Gasteiger partial charge >= 0.3 is 6.18 Å². The predicted octanol–water partition coefficient (Wildman–Crippen LogP) is 13.8. The lowest BCUT2D eigenvalue weighted by atomic mass is 9.98. The average Bonchev–Trinajstić information content (AvgIpc) is 3.40. The first-order chi connectivity index (χ1) is 33.8. The summed E-state index contributed by atoms with van der Waals surface area (Å²) in [7, 11) is 0. The van der Waals surface area contributed by atoms with Crippen LogP contribution in [0.25, 0.3) is 0 Å². The topological polar surface area (TPSA) is 121 Å². The lowest BCUT2D eigenvalue weighted by Crippen LogP contribution is -2.14. The Balaban J connectivity index is 0.000000155. The normalized spacial score (nSPS) is 13.4. The van der Waals surface area contributed by atoms with Crippen LogP contribution in [0.5, 0.6) is 11.5 Å². The van der Waals surface area contributed by atoms with E-state index < -0.39 is 17.5 Å². The van der Waals surface area contributed by atoms with E-state index in [1.807, 2.05) is 72.8 Å². The maximum atomic E-state index is 13.0. The molecule has 3 heterocycles. The van der Waals surface area contributed by atoms with Crippen molar-refractivity contribution in [2.45, 2.75) is 64.3 Å². The van der Waals surface area contributed by atoms with Crippen molar-refractivity contribution in [1.82, 2.24) is 0 Å². The molecule has 0 amide bonds. The smallest absolute Gasteiger partial charge is 0.417 e. The number of carbonyl (C=O) groups is 6. The van der Waals surface area contributed by atoms with Crippen LogP contribution in [-0.4, -0.2) is 70.9 Å². The van der Waals surface area contributed by atoms with Gasteiger partial charge in [0.25, 0.3) is 0 Å². The molecular formula is C55H47F3O8S4. The third kappa shape index (κ3) is 14.6. The van der Waals surface area contributed by atoms with Crippen LogP contribution < -0.4 is 9.47 Å². The molecule has 3 aliphatic heterocycles. The van der Waals surface area contributed by atoms with E-state index in [9.17, 15) is 41.9 Å². The number of halogens is 3. The Labute approximate surface area is 421 Å². The van der Waals surface area contributed by atoms with Crippen molar-refractivity contribution in [3.63, 3.8) is 0 Å². The van der Waals surface area contributed by atoms with Gasteiger partial charge in [0.1, 0.15) is 11.5 Å². The van der Waals surface area contributed by atoms with Gasteiger partial charge < -0.3 is 9.47 Å². The molecule has 0 fully saturated rings. The van der Waals surface area contributed by atoms with Gasteiger partial charge in [-0.1, -0.05) is 97.1 Å². The molecule has 0 bridgehead atoms. The van der Waals surface area contributed by atoms with E-state index in [-0.39, 0.29) is 73.0 Å². The van der Waals surface area contributed by atoms with Crippen LogP contribution in [0.3, 0.4) is 0 Å². The van der Waals surface area contributed by atoms with E-state index in [1.54, 1.807) is 89.5 Å². The maximum Gasteiger partial charge on any atom is 0.417 e. The second-order valence-corrected chi connectivity index (χ2v) is 20.4. The minimum atomic E-state index is -4.59. The highest BCUT2D eigenvalue weighted by atomic mass is 32.2. The molecule has 0 saturated heterocycles. The molecule has 0 saturated carbocycles. The summed E-state index contributed by atoms with van der Waals surface area (Å²) in [6.07, 6.45) is -4.04. The van der Waals surface area contributed by atoms with Crippen molar-refractivity contribution in [3.8, 4) is 11.5 Å². The number of ketones is 6. The molecule has 0 radical (unpaired) electrons. The van der Waals surface area contributed by atoms with Crippen molar-refractivity contribution in [2.75, 3.05) is 36.2 Å². The molecule has 6 aromatic carbocycles. The van der Waals surface area contributed by atoms with E-state index in [0.29, 0.717) is 41.0 Å². The first-order valence-corrected chi connectivity index (χ1v) is 26.4. The highest BCUT2D eigenvalue weighted by Crippen LogP contribution is 2.38. The molecule has 70 heavy (non-hydrogen) atoms. The van der Waals surface area contributed by atoms with Gasteiger partial charge in [0.15, 0.2) is 34.7 Å². The number of Topliss-reactive ketones (excluding diaryl/α,β-unsaturated/α-hetero) is 6. The Hall–Kier alpha value is -5.87. The summed E-state index contributed by atoms with van der Waals surface area (Å²) in [5.41, 5.74) is 1.69. The van der Waals surface area contributed by atoms with E-state index in [2.05, 4.69) is 0 Å². The minimum absolute atomic E-state index is 0.00119. The van der Waals surface area contributed by atoms with Gasteiger partial charge in [-0.25, -0.2) is 0 Å². The van der Waals surface area contributed by atoms with E-state index in [1.165, 1.54) is 12.1 Å². The summed E-state index contributed by atoms with van der Waals surface area (Å²) < 4.78 is 50.2. The molecule has 15 heteroatoms. The Morgan fingerprint density at radius 1 is 0.386 bits per heavy atom. The van der Waals surface area contributed by atoms with Gasteiger partial charge in [0.2, 0.25) is 0 Å². The SMILES string of the molecule is O=C(CCC(=O)c1ccc2c(c1)OCCS2)c1ccccc1.O=C(CCC(=O)c1ccc2c(c1)OCCS2)c1ccccc1.O=C(CCC(=O)c1ccccc1C(F)(F)F)c1ccc2c(c1)SCCS2. The van der Waals surface area contributed by atoms with Gasteiger partial charge in [0, 0.05) is 114 Å². The number of benzene rings is 6. The zero-order chi connectivity index (χ0) is 49.5. The van der Waals surface area contributed by atoms with Crippen LogP contribution in [0.1, 0.15) is 106 Å². The number of carbonyl (C=O) groups excluding carboxylic acids is 6. The molecule has 0 aliphatic carbocycles. The fourth-order valence-corrected chi connectivity index (χ4v) is 11.3. The van der Waals surface area contributed by atoms with Crippen LogP contribution in [0.15, 0.2) is 159 Å². The molecule has 0 atom stereocenters. The Morgan fingerprint density at radius 3 is 1.23 bits per heavy atom. The first-order valence-electron chi connectivity index (χ1n) is 22.5. The molecule has 6 aromatic rings. The van der Waals surface area contributed by atoms with E-state index in [0.717, 1.165) is 66.2 Å². The summed E-state index contributed by atoms with van der Waals surface area (Å²) >= 11 is 6.89. The van der Waals surface area contributed by atoms with Crippen LogP contribution in [0, 0.1) is 0 Å². The van der Waals surface area contributed by atoms with E-state index in [4.69, 9.17) is 9.47 Å². The lowest BCUT2D eigenvalue weighted by Gasteiger charge is -2.17. The van der Waals surface area contributed by atoms with Gasteiger partial charge in [-0.3, -0.25) is 28.8 Å².